The van der Waals surface area contributed by atoms with Gasteiger partial charge in [0.05, 0.1) is 13.5 Å². The zero-order valence-corrected chi connectivity index (χ0v) is 17.2. The standard InChI is InChI=1S/C23H24N2O5/c1-14-4-9-18-15(2)19(23(28)30-20(18)12-14)10-11-21(26)24-25-22(27)13-16-5-7-17(29-3)8-6-16/h4-9,12H,10-11,13H2,1-3H3,(H,24,26)(H,25,27). The summed E-state index contributed by atoms with van der Waals surface area (Å²) in [6.45, 7) is 3.77. The number of amides is 2. The molecule has 3 rings (SSSR count). The van der Waals surface area contributed by atoms with Crippen LogP contribution in [0.3, 0.4) is 0 Å². The monoisotopic (exact) mass is 408 g/mol. The van der Waals surface area contributed by atoms with Gasteiger partial charge >= 0.3 is 5.63 Å². The van der Waals surface area contributed by atoms with Gasteiger partial charge in [-0.15, -0.1) is 0 Å². The minimum absolute atomic E-state index is 0.0474. The van der Waals surface area contributed by atoms with Crippen molar-refractivity contribution in [2.24, 2.45) is 0 Å². The molecular weight excluding hydrogens is 384 g/mol. The number of carbonyl (C=O) groups excluding carboxylic acids is 2. The van der Waals surface area contributed by atoms with Crippen molar-refractivity contribution in [1.29, 1.82) is 0 Å². The maximum atomic E-state index is 12.3. The molecule has 1 aromatic heterocycles. The number of ether oxygens (including phenoxy) is 1. The lowest BCUT2D eigenvalue weighted by molar-refractivity contribution is -0.128. The van der Waals surface area contributed by atoms with E-state index in [4.69, 9.17) is 9.15 Å². The third kappa shape index (κ3) is 5.05. The Morgan fingerprint density at radius 3 is 2.40 bits per heavy atom. The van der Waals surface area contributed by atoms with Crippen molar-refractivity contribution in [2.45, 2.75) is 33.1 Å². The molecule has 1 heterocycles. The van der Waals surface area contributed by atoms with E-state index in [1.54, 1.807) is 31.4 Å². The molecular formula is C23H24N2O5. The van der Waals surface area contributed by atoms with Crippen LogP contribution in [0.15, 0.2) is 51.7 Å². The van der Waals surface area contributed by atoms with Crippen LogP contribution in [-0.2, 0) is 22.4 Å². The number of hydrogen-bond acceptors (Lipinski definition) is 5. The lowest BCUT2D eigenvalue weighted by Crippen LogP contribution is -2.42. The molecule has 0 atom stereocenters. The van der Waals surface area contributed by atoms with Crippen LogP contribution in [0.2, 0.25) is 0 Å². The maximum Gasteiger partial charge on any atom is 0.339 e. The van der Waals surface area contributed by atoms with Gasteiger partial charge < -0.3 is 9.15 Å². The van der Waals surface area contributed by atoms with Gasteiger partial charge in [-0.1, -0.05) is 24.3 Å². The molecule has 0 saturated carbocycles. The molecule has 7 nitrogen and oxygen atoms in total. The minimum atomic E-state index is -0.443. The van der Waals surface area contributed by atoms with Crippen molar-refractivity contribution in [1.82, 2.24) is 10.9 Å². The topological polar surface area (TPSA) is 97.6 Å². The van der Waals surface area contributed by atoms with Gasteiger partial charge in [0.2, 0.25) is 11.8 Å². The van der Waals surface area contributed by atoms with Crippen molar-refractivity contribution in [3.05, 3.63) is 75.1 Å². The summed E-state index contributed by atoms with van der Waals surface area (Å²) in [7, 11) is 1.57. The van der Waals surface area contributed by atoms with Crippen molar-refractivity contribution >= 4 is 22.8 Å². The normalized spacial score (nSPS) is 10.6. The highest BCUT2D eigenvalue weighted by atomic mass is 16.5. The van der Waals surface area contributed by atoms with Gasteiger partial charge in [0, 0.05) is 17.4 Å². The van der Waals surface area contributed by atoms with E-state index in [-0.39, 0.29) is 31.1 Å². The number of aryl methyl sites for hydroxylation is 2. The molecule has 7 heteroatoms. The molecule has 2 aromatic carbocycles. The van der Waals surface area contributed by atoms with Crippen molar-refractivity contribution in [2.75, 3.05) is 7.11 Å². The number of nitrogens with one attached hydrogen (secondary N) is 2. The molecule has 0 radical (unpaired) electrons. The van der Waals surface area contributed by atoms with Crippen LogP contribution in [0.5, 0.6) is 5.75 Å². The third-order valence-corrected chi connectivity index (χ3v) is 4.91. The van der Waals surface area contributed by atoms with E-state index < -0.39 is 5.63 Å². The molecule has 3 aromatic rings. The average molecular weight is 408 g/mol. The second kappa shape index (κ2) is 9.26. The van der Waals surface area contributed by atoms with E-state index in [1.165, 1.54) is 0 Å². The first-order valence-electron chi connectivity index (χ1n) is 9.61. The van der Waals surface area contributed by atoms with Gasteiger partial charge in [-0.05, 0) is 55.2 Å². The van der Waals surface area contributed by atoms with Gasteiger partial charge in [-0.3, -0.25) is 20.4 Å². The van der Waals surface area contributed by atoms with Crippen LogP contribution in [-0.4, -0.2) is 18.9 Å². The Morgan fingerprint density at radius 2 is 1.70 bits per heavy atom. The molecule has 2 amide bonds. The summed E-state index contributed by atoms with van der Waals surface area (Å²) < 4.78 is 10.5. The lowest BCUT2D eigenvalue weighted by Gasteiger charge is -2.10. The quantitative estimate of drug-likeness (QED) is 0.483. The fourth-order valence-electron chi connectivity index (χ4n) is 3.20. The molecule has 0 bridgehead atoms. The SMILES string of the molecule is COc1ccc(CC(=O)NNC(=O)CCc2c(C)c3ccc(C)cc3oc2=O)cc1. The van der Waals surface area contributed by atoms with E-state index in [2.05, 4.69) is 10.9 Å². The predicted octanol–water partition coefficient (Wildman–Crippen LogP) is 2.74. The minimum Gasteiger partial charge on any atom is -0.497 e. The zero-order chi connectivity index (χ0) is 21.7. The van der Waals surface area contributed by atoms with Crippen LogP contribution in [0.4, 0.5) is 0 Å². The molecule has 0 aliphatic carbocycles. The lowest BCUT2D eigenvalue weighted by atomic mass is 10.0. The van der Waals surface area contributed by atoms with E-state index in [0.29, 0.717) is 16.9 Å². The fraction of sp³-hybridized carbons (Fsp3) is 0.261. The Labute approximate surface area is 174 Å². The molecule has 2 N–H and O–H groups in total. The summed E-state index contributed by atoms with van der Waals surface area (Å²) in [5.41, 5.74) is 7.93. The molecule has 0 unspecified atom stereocenters. The molecule has 156 valence electrons. The Bertz CT molecular complexity index is 1130. The van der Waals surface area contributed by atoms with E-state index in [0.717, 1.165) is 22.1 Å². The van der Waals surface area contributed by atoms with Crippen LogP contribution < -0.4 is 21.2 Å². The van der Waals surface area contributed by atoms with Gasteiger partial charge in [-0.2, -0.15) is 0 Å². The Morgan fingerprint density at radius 1 is 1.00 bits per heavy atom. The average Bonchev–Trinajstić information content (AvgIpc) is 2.72. The molecule has 0 spiro atoms. The number of rotatable bonds is 6. The van der Waals surface area contributed by atoms with Crippen molar-refractivity contribution in [3.8, 4) is 5.75 Å². The van der Waals surface area contributed by atoms with Crippen LogP contribution in [0, 0.1) is 13.8 Å². The number of hydrogen-bond donors (Lipinski definition) is 2. The number of benzene rings is 2. The molecule has 0 aliphatic rings. The first-order valence-corrected chi connectivity index (χ1v) is 9.61. The molecule has 0 saturated heterocycles. The van der Waals surface area contributed by atoms with E-state index in [1.807, 2.05) is 32.0 Å². The van der Waals surface area contributed by atoms with Crippen LogP contribution in [0.25, 0.3) is 11.0 Å². The van der Waals surface area contributed by atoms with Gasteiger partial charge in [0.1, 0.15) is 11.3 Å². The number of hydrazine groups is 1. The summed E-state index contributed by atoms with van der Waals surface area (Å²) >= 11 is 0. The largest absolute Gasteiger partial charge is 0.497 e. The fourth-order valence-corrected chi connectivity index (χ4v) is 3.20. The number of methoxy groups -OCH3 is 1. The second-order valence-corrected chi connectivity index (χ2v) is 7.11. The Kier molecular flexibility index (Phi) is 6.51. The number of fused-ring (bicyclic) bond motifs is 1. The molecule has 0 fully saturated rings. The summed E-state index contributed by atoms with van der Waals surface area (Å²) in [6.07, 6.45) is 0.390. The highest BCUT2D eigenvalue weighted by Crippen LogP contribution is 2.21. The molecule has 30 heavy (non-hydrogen) atoms. The molecule has 0 aliphatic heterocycles. The van der Waals surface area contributed by atoms with Crippen molar-refractivity contribution in [3.63, 3.8) is 0 Å². The Hall–Kier alpha value is -3.61. The van der Waals surface area contributed by atoms with Gasteiger partial charge in [0.15, 0.2) is 0 Å². The van der Waals surface area contributed by atoms with Gasteiger partial charge in [-0.25, -0.2) is 4.79 Å². The predicted molar refractivity (Wildman–Crippen MR) is 113 cm³/mol. The van der Waals surface area contributed by atoms with E-state index >= 15 is 0 Å². The Balaban J connectivity index is 1.55. The maximum absolute atomic E-state index is 12.3. The third-order valence-electron chi connectivity index (χ3n) is 4.91. The smallest absolute Gasteiger partial charge is 0.339 e. The van der Waals surface area contributed by atoms with Crippen LogP contribution in [0.1, 0.15) is 28.7 Å². The van der Waals surface area contributed by atoms with Crippen molar-refractivity contribution < 1.29 is 18.7 Å². The number of carbonyl (C=O) groups is 2. The van der Waals surface area contributed by atoms with Gasteiger partial charge in [0.25, 0.3) is 0 Å². The highest BCUT2D eigenvalue weighted by Gasteiger charge is 2.13. The summed E-state index contributed by atoms with van der Waals surface area (Å²) in [5.74, 6) is -0.0257. The summed E-state index contributed by atoms with van der Waals surface area (Å²) in [4.78, 5) is 36.4. The zero-order valence-electron chi connectivity index (χ0n) is 17.2. The second-order valence-electron chi connectivity index (χ2n) is 7.11. The first kappa shape index (κ1) is 21.1. The highest BCUT2D eigenvalue weighted by molar-refractivity contribution is 5.84. The first-order chi connectivity index (χ1) is 14.4. The summed E-state index contributed by atoms with van der Waals surface area (Å²) in [6, 6.07) is 12.8. The van der Waals surface area contributed by atoms with Crippen LogP contribution >= 0.6 is 0 Å². The summed E-state index contributed by atoms with van der Waals surface area (Å²) in [5, 5.41) is 0.850. The van der Waals surface area contributed by atoms with E-state index in [9.17, 15) is 14.4 Å².